The lowest BCUT2D eigenvalue weighted by atomic mass is 10.1. The molecule has 0 saturated heterocycles. The van der Waals surface area contributed by atoms with Crippen LogP contribution in [0.15, 0.2) is 16.5 Å². The first-order chi connectivity index (χ1) is 9.16. The van der Waals surface area contributed by atoms with Crippen LogP contribution in [0.2, 0.25) is 0 Å². The fourth-order valence-corrected chi connectivity index (χ4v) is 2.18. The van der Waals surface area contributed by atoms with Crippen LogP contribution < -0.4 is 5.32 Å². The van der Waals surface area contributed by atoms with Gasteiger partial charge in [-0.3, -0.25) is 0 Å². The molecule has 1 aliphatic rings. The van der Waals surface area contributed by atoms with Crippen LogP contribution in [0.5, 0.6) is 0 Å². The molecule has 1 saturated carbocycles. The van der Waals surface area contributed by atoms with Crippen molar-refractivity contribution in [3.05, 3.63) is 23.7 Å². The average Bonchev–Trinajstić information content (AvgIpc) is 2.90. The molecule has 108 valence electrons. The Kier molecular flexibility index (Phi) is 5.46. The zero-order valence-electron chi connectivity index (χ0n) is 12.4. The molecule has 1 aromatic rings. The lowest BCUT2D eigenvalue weighted by Crippen LogP contribution is -2.19. The summed E-state index contributed by atoms with van der Waals surface area (Å²) in [7, 11) is 0. The summed E-state index contributed by atoms with van der Waals surface area (Å²) in [5, 5.41) is 3.35. The molecule has 3 heteroatoms. The van der Waals surface area contributed by atoms with Crippen molar-refractivity contribution in [2.24, 2.45) is 11.8 Å². The molecule has 2 unspecified atom stereocenters. The average molecular weight is 265 g/mol. The normalized spacial score (nSPS) is 22.1. The number of ether oxygens (including phenoxy) is 1. The van der Waals surface area contributed by atoms with Gasteiger partial charge in [0.25, 0.3) is 0 Å². The van der Waals surface area contributed by atoms with Gasteiger partial charge in [0.15, 0.2) is 0 Å². The minimum Gasteiger partial charge on any atom is -0.464 e. The van der Waals surface area contributed by atoms with Crippen molar-refractivity contribution in [3.8, 4) is 0 Å². The molecule has 0 aromatic carbocycles. The Morgan fingerprint density at radius 2 is 2.16 bits per heavy atom. The van der Waals surface area contributed by atoms with Crippen LogP contribution in [0.4, 0.5) is 0 Å². The molecule has 0 bridgehead atoms. The first-order valence-electron chi connectivity index (χ1n) is 7.54. The molecule has 3 nitrogen and oxygen atoms in total. The highest BCUT2D eigenvalue weighted by Gasteiger charge is 2.36. The summed E-state index contributed by atoms with van der Waals surface area (Å²) in [6.07, 6.45) is 2.42. The largest absolute Gasteiger partial charge is 0.464 e. The number of nitrogens with one attached hydrogen (secondary N) is 1. The smallest absolute Gasteiger partial charge is 0.117 e. The van der Waals surface area contributed by atoms with Gasteiger partial charge in [-0.25, -0.2) is 0 Å². The second-order valence-corrected chi connectivity index (χ2v) is 6.10. The topological polar surface area (TPSA) is 34.4 Å². The number of hydrogen-bond donors (Lipinski definition) is 1. The minimum absolute atomic E-state index is 0.674. The standard InChI is InChI=1S/C16H27NO2/c1-12(2)6-8-18-9-7-17-11-14-4-5-16(19-14)15-10-13(15)3/h4-5,12-13,15,17H,6-11H2,1-3H3. The third kappa shape index (κ3) is 5.00. The van der Waals surface area contributed by atoms with Crippen molar-refractivity contribution < 1.29 is 9.15 Å². The molecule has 1 aromatic heterocycles. The van der Waals surface area contributed by atoms with Crippen LogP contribution >= 0.6 is 0 Å². The Labute approximate surface area is 116 Å². The Bertz CT molecular complexity index is 373. The zero-order valence-corrected chi connectivity index (χ0v) is 12.4. The van der Waals surface area contributed by atoms with E-state index in [2.05, 4.69) is 38.2 Å². The molecule has 1 aliphatic carbocycles. The molecular formula is C16H27NO2. The van der Waals surface area contributed by atoms with E-state index in [4.69, 9.17) is 9.15 Å². The first-order valence-corrected chi connectivity index (χ1v) is 7.54. The van der Waals surface area contributed by atoms with Gasteiger partial charge in [-0.1, -0.05) is 20.8 Å². The SMILES string of the molecule is CC(C)CCOCCNCc1ccc(C2CC2C)o1. The number of rotatable bonds is 9. The van der Waals surface area contributed by atoms with E-state index in [0.29, 0.717) is 5.92 Å². The van der Waals surface area contributed by atoms with E-state index in [9.17, 15) is 0 Å². The number of furan rings is 1. The fraction of sp³-hybridized carbons (Fsp3) is 0.750. The minimum atomic E-state index is 0.674. The summed E-state index contributed by atoms with van der Waals surface area (Å²) < 4.78 is 11.4. The third-order valence-electron chi connectivity index (χ3n) is 3.72. The van der Waals surface area contributed by atoms with Gasteiger partial charge in [0.05, 0.1) is 13.2 Å². The molecule has 1 heterocycles. The summed E-state index contributed by atoms with van der Waals surface area (Å²) in [4.78, 5) is 0. The zero-order chi connectivity index (χ0) is 13.7. The highest BCUT2D eigenvalue weighted by molar-refractivity contribution is 5.17. The Hall–Kier alpha value is -0.800. The highest BCUT2D eigenvalue weighted by atomic mass is 16.5. The Balaban J connectivity index is 1.52. The van der Waals surface area contributed by atoms with E-state index in [-0.39, 0.29) is 0 Å². The molecule has 0 radical (unpaired) electrons. The van der Waals surface area contributed by atoms with E-state index in [1.54, 1.807) is 0 Å². The maximum absolute atomic E-state index is 5.83. The van der Waals surface area contributed by atoms with E-state index in [1.165, 1.54) is 6.42 Å². The molecule has 1 N–H and O–H groups in total. The summed E-state index contributed by atoms with van der Waals surface area (Å²) >= 11 is 0. The van der Waals surface area contributed by atoms with Gasteiger partial charge in [-0.2, -0.15) is 0 Å². The van der Waals surface area contributed by atoms with Crippen molar-refractivity contribution in [1.29, 1.82) is 0 Å². The van der Waals surface area contributed by atoms with E-state index < -0.39 is 0 Å². The first kappa shape index (κ1) is 14.6. The van der Waals surface area contributed by atoms with Gasteiger partial charge in [0.2, 0.25) is 0 Å². The van der Waals surface area contributed by atoms with Crippen LogP contribution in [0, 0.1) is 11.8 Å². The monoisotopic (exact) mass is 265 g/mol. The van der Waals surface area contributed by atoms with Crippen molar-refractivity contribution in [2.75, 3.05) is 19.8 Å². The van der Waals surface area contributed by atoms with E-state index in [1.807, 2.05) is 0 Å². The van der Waals surface area contributed by atoms with Crippen molar-refractivity contribution in [1.82, 2.24) is 5.32 Å². The van der Waals surface area contributed by atoms with Crippen LogP contribution in [0.25, 0.3) is 0 Å². The van der Waals surface area contributed by atoms with Crippen LogP contribution in [-0.4, -0.2) is 19.8 Å². The Morgan fingerprint density at radius 3 is 2.84 bits per heavy atom. The second-order valence-electron chi connectivity index (χ2n) is 6.10. The van der Waals surface area contributed by atoms with Crippen LogP contribution in [0.3, 0.4) is 0 Å². The van der Waals surface area contributed by atoms with Crippen LogP contribution in [0.1, 0.15) is 51.1 Å². The number of hydrogen-bond acceptors (Lipinski definition) is 3. The predicted octanol–water partition coefficient (Wildman–Crippen LogP) is 3.56. The van der Waals surface area contributed by atoms with Gasteiger partial charge < -0.3 is 14.5 Å². The van der Waals surface area contributed by atoms with Crippen molar-refractivity contribution >= 4 is 0 Å². The maximum atomic E-state index is 5.83. The predicted molar refractivity (Wildman–Crippen MR) is 77.2 cm³/mol. The summed E-state index contributed by atoms with van der Waals surface area (Å²) in [6, 6.07) is 4.22. The molecule has 2 rings (SSSR count). The van der Waals surface area contributed by atoms with Crippen LogP contribution in [-0.2, 0) is 11.3 Å². The summed E-state index contributed by atoms with van der Waals surface area (Å²) in [5.74, 6) is 4.41. The van der Waals surface area contributed by atoms with E-state index in [0.717, 1.165) is 56.1 Å². The summed E-state index contributed by atoms with van der Waals surface area (Å²) in [5.41, 5.74) is 0. The maximum Gasteiger partial charge on any atom is 0.117 e. The quantitative estimate of drug-likeness (QED) is 0.693. The fourth-order valence-electron chi connectivity index (χ4n) is 2.18. The second kappa shape index (κ2) is 7.11. The molecule has 19 heavy (non-hydrogen) atoms. The molecule has 2 atom stereocenters. The lowest BCUT2D eigenvalue weighted by molar-refractivity contribution is 0.125. The van der Waals surface area contributed by atoms with Gasteiger partial charge in [-0.15, -0.1) is 0 Å². The molecule has 0 aliphatic heterocycles. The molecular weight excluding hydrogens is 238 g/mol. The summed E-state index contributed by atoms with van der Waals surface area (Å²) in [6.45, 7) is 10.0. The van der Waals surface area contributed by atoms with Crippen molar-refractivity contribution in [3.63, 3.8) is 0 Å². The third-order valence-corrected chi connectivity index (χ3v) is 3.72. The van der Waals surface area contributed by atoms with Gasteiger partial charge in [0, 0.05) is 19.1 Å². The van der Waals surface area contributed by atoms with Gasteiger partial charge in [0.1, 0.15) is 11.5 Å². The lowest BCUT2D eigenvalue weighted by Gasteiger charge is -2.06. The van der Waals surface area contributed by atoms with Crippen molar-refractivity contribution in [2.45, 2.75) is 46.1 Å². The van der Waals surface area contributed by atoms with Gasteiger partial charge in [-0.05, 0) is 36.8 Å². The molecule has 0 amide bonds. The molecule has 1 fully saturated rings. The van der Waals surface area contributed by atoms with E-state index >= 15 is 0 Å². The highest BCUT2D eigenvalue weighted by Crippen LogP contribution is 2.47. The Morgan fingerprint density at radius 1 is 1.37 bits per heavy atom. The molecule has 0 spiro atoms. The van der Waals surface area contributed by atoms with Gasteiger partial charge >= 0.3 is 0 Å².